The van der Waals surface area contributed by atoms with E-state index in [4.69, 9.17) is 5.11 Å². The van der Waals surface area contributed by atoms with Gasteiger partial charge in [-0.15, -0.1) is 0 Å². The molecule has 0 radical (unpaired) electrons. The van der Waals surface area contributed by atoms with E-state index in [0.29, 0.717) is 5.75 Å². The Morgan fingerprint density at radius 2 is 2.27 bits per heavy atom. The number of aromatic hydroxyl groups is 1. The molecule has 0 aliphatic carbocycles. The number of halogens is 1. The van der Waals surface area contributed by atoms with Gasteiger partial charge in [0.1, 0.15) is 5.75 Å². The molecular formula is C8H9BrOS. The molecule has 1 nitrogen and oxygen atoms in total. The van der Waals surface area contributed by atoms with Gasteiger partial charge in [0.15, 0.2) is 0 Å². The van der Waals surface area contributed by atoms with Crippen molar-refractivity contribution in [2.75, 3.05) is 5.75 Å². The monoisotopic (exact) mass is 232 g/mol. The smallest absolute Gasteiger partial charge is 0.115 e. The maximum atomic E-state index is 9.11. The third kappa shape index (κ3) is 2.42. The Hall–Kier alpha value is -0.150. The Labute approximate surface area is 80.0 Å². The minimum Gasteiger partial charge on any atom is -0.508 e. The van der Waals surface area contributed by atoms with Gasteiger partial charge in [0, 0.05) is 10.6 Å². The normalized spacial score (nSPS) is 12.9. The highest BCUT2D eigenvalue weighted by Gasteiger charge is 2.04. The SMILES string of the molecule is Oc1cccc(C(Br)CS)c1. The van der Waals surface area contributed by atoms with Crippen LogP contribution < -0.4 is 0 Å². The Morgan fingerprint density at radius 1 is 1.55 bits per heavy atom. The fourth-order valence-corrected chi connectivity index (χ4v) is 1.32. The first kappa shape index (κ1) is 8.94. The van der Waals surface area contributed by atoms with Crippen LogP contribution in [0.15, 0.2) is 24.3 Å². The molecule has 3 heteroatoms. The fraction of sp³-hybridized carbons (Fsp3) is 0.250. The van der Waals surface area contributed by atoms with Crippen molar-refractivity contribution in [3.63, 3.8) is 0 Å². The second kappa shape index (κ2) is 4.02. The number of phenols is 1. The molecule has 0 saturated carbocycles. The summed E-state index contributed by atoms with van der Waals surface area (Å²) in [4.78, 5) is 0.220. The molecule has 60 valence electrons. The van der Waals surface area contributed by atoms with Crippen molar-refractivity contribution < 1.29 is 5.11 Å². The third-order valence-electron chi connectivity index (χ3n) is 1.39. The summed E-state index contributed by atoms with van der Waals surface area (Å²) in [7, 11) is 0. The predicted molar refractivity (Wildman–Crippen MR) is 53.6 cm³/mol. The lowest BCUT2D eigenvalue weighted by molar-refractivity contribution is 0.474. The highest BCUT2D eigenvalue weighted by atomic mass is 79.9. The maximum Gasteiger partial charge on any atom is 0.115 e. The minimum atomic E-state index is 0.220. The van der Waals surface area contributed by atoms with E-state index in [1.54, 1.807) is 12.1 Å². The molecule has 0 fully saturated rings. The van der Waals surface area contributed by atoms with Gasteiger partial charge in [0.05, 0.1) is 0 Å². The van der Waals surface area contributed by atoms with Crippen LogP contribution in [0.5, 0.6) is 5.75 Å². The van der Waals surface area contributed by atoms with Crippen molar-refractivity contribution in [3.8, 4) is 5.75 Å². The van der Waals surface area contributed by atoms with Gasteiger partial charge in [-0.25, -0.2) is 0 Å². The molecule has 1 unspecified atom stereocenters. The molecule has 11 heavy (non-hydrogen) atoms. The van der Waals surface area contributed by atoms with Crippen molar-refractivity contribution in [2.45, 2.75) is 4.83 Å². The summed E-state index contributed by atoms with van der Waals surface area (Å²) in [5, 5.41) is 9.11. The topological polar surface area (TPSA) is 20.2 Å². The van der Waals surface area contributed by atoms with Gasteiger partial charge in [-0.3, -0.25) is 0 Å². The largest absolute Gasteiger partial charge is 0.508 e. The Balaban J connectivity index is 2.86. The molecule has 1 rings (SSSR count). The van der Waals surface area contributed by atoms with Crippen molar-refractivity contribution >= 4 is 28.6 Å². The van der Waals surface area contributed by atoms with E-state index in [1.165, 1.54) is 0 Å². The lowest BCUT2D eigenvalue weighted by Gasteiger charge is -2.05. The number of hydrogen-bond acceptors (Lipinski definition) is 2. The van der Waals surface area contributed by atoms with E-state index >= 15 is 0 Å². The molecule has 0 aromatic heterocycles. The molecule has 0 aliphatic rings. The summed E-state index contributed by atoms with van der Waals surface area (Å²) < 4.78 is 0. The lowest BCUT2D eigenvalue weighted by Crippen LogP contribution is -1.89. The molecular weight excluding hydrogens is 224 g/mol. The summed E-state index contributed by atoms with van der Waals surface area (Å²) in [5.74, 6) is 1.03. The summed E-state index contributed by atoms with van der Waals surface area (Å²) in [6, 6.07) is 7.16. The Kier molecular flexibility index (Phi) is 3.27. The van der Waals surface area contributed by atoms with Crippen LogP contribution in [0.1, 0.15) is 10.4 Å². The number of benzene rings is 1. The summed E-state index contributed by atoms with van der Waals surface area (Å²) >= 11 is 7.56. The molecule has 1 N–H and O–H groups in total. The number of phenolic OH excluding ortho intramolecular Hbond substituents is 1. The van der Waals surface area contributed by atoms with Crippen LogP contribution in [0.3, 0.4) is 0 Å². The number of rotatable bonds is 2. The van der Waals surface area contributed by atoms with Crippen molar-refractivity contribution in [2.24, 2.45) is 0 Å². The van der Waals surface area contributed by atoms with Gasteiger partial charge in [0.25, 0.3) is 0 Å². The van der Waals surface area contributed by atoms with Crippen LogP contribution >= 0.6 is 28.6 Å². The van der Waals surface area contributed by atoms with Crippen molar-refractivity contribution in [1.82, 2.24) is 0 Å². The van der Waals surface area contributed by atoms with Gasteiger partial charge in [-0.2, -0.15) is 12.6 Å². The Morgan fingerprint density at radius 3 is 2.82 bits per heavy atom. The molecule has 1 aromatic carbocycles. The van der Waals surface area contributed by atoms with E-state index in [9.17, 15) is 0 Å². The summed E-state index contributed by atoms with van der Waals surface area (Å²) in [6.45, 7) is 0. The van der Waals surface area contributed by atoms with E-state index in [1.807, 2.05) is 12.1 Å². The molecule has 0 saturated heterocycles. The van der Waals surface area contributed by atoms with Crippen LogP contribution in [0, 0.1) is 0 Å². The highest BCUT2D eigenvalue weighted by Crippen LogP contribution is 2.25. The van der Waals surface area contributed by atoms with Crippen molar-refractivity contribution in [3.05, 3.63) is 29.8 Å². The molecule has 1 atom stereocenters. The van der Waals surface area contributed by atoms with Gasteiger partial charge in [-0.1, -0.05) is 28.1 Å². The standard InChI is InChI=1S/C8H9BrOS/c9-8(5-11)6-2-1-3-7(10)4-6/h1-4,8,10-11H,5H2. The minimum absolute atomic E-state index is 0.220. The van der Waals surface area contributed by atoms with Gasteiger partial charge in [0.2, 0.25) is 0 Å². The van der Waals surface area contributed by atoms with Crippen LogP contribution in [-0.2, 0) is 0 Å². The average molecular weight is 233 g/mol. The lowest BCUT2D eigenvalue weighted by atomic mass is 10.2. The fourth-order valence-electron chi connectivity index (χ4n) is 0.825. The first-order valence-electron chi connectivity index (χ1n) is 3.28. The van der Waals surface area contributed by atoms with E-state index in [-0.39, 0.29) is 4.83 Å². The number of alkyl halides is 1. The zero-order valence-electron chi connectivity index (χ0n) is 5.87. The third-order valence-corrected chi connectivity index (χ3v) is 3.11. The van der Waals surface area contributed by atoms with Crippen LogP contribution in [0.2, 0.25) is 0 Å². The van der Waals surface area contributed by atoms with Crippen molar-refractivity contribution in [1.29, 1.82) is 0 Å². The summed E-state index contributed by atoms with van der Waals surface area (Å²) in [5.41, 5.74) is 1.06. The molecule has 0 aliphatic heterocycles. The summed E-state index contributed by atoms with van der Waals surface area (Å²) in [6.07, 6.45) is 0. The van der Waals surface area contributed by atoms with Crippen LogP contribution in [0.4, 0.5) is 0 Å². The van der Waals surface area contributed by atoms with E-state index in [2.05, 4.69) is 28.6 Å². The highest BCUT2D eigenvalue weighted by molar-refractivity contribution is 9.09. The van der Waals surface area contributed by atoms with Crippen LogP contribution in [-0.4, -0.2) is 10.9 Å². The second-order valence-electron chi connectivity index (χ2n) is 2.25. The average Bonchev–Trinajstić information content (AvgIpc) is 2.03. The Bertz CT molecular complexity index is 239. The second-order valence-corrected chi connectivity index (χ2v) is 3.72. The maximum absolute atomic E-state index is 9.11. The zero-order chi connectivity index (χ0) is 8.27. The first-order valence-corrected chi connectivity index (χ1v) is 4.82. The first-order chi connectivity index (χ1) is 5.24. The van der Waals surface area contributed by atoms with E-state index < -0.39 is 0 Å². The molecule has 1 aromatic rings. The molecule has 0 heterocycles. The molecule has 0 bridgehead atoms. The van der Waals surface area contributed by atoms with Crippen LogP contribution in [0.25, 0.3) is 0 Å². The number of thiol groups is 1. The molecule has 0 amide bonds. The van der Waals surface area contributed by atoms with Gasteiger partial charge in [-0.05, 0) is 17.7 Å². The number of hydrogen-bond donors (Lipinski definition) is 2. The van der Waals surface area contributed by atoms with Gasteiger partial charge >= 0.3 is 0 Å². The zero-order valence-corrected chi connectivity index (χ0v) is 8.35. The molecule has 0 spiro atoms. The predicted octanol–water partition coefficient (Wildman–Crippen LogP) is 2.76. The van der Waals surface area contributed by atoms with Gasteiger partial charge < -0.3 is 5.11 Å². The van der Waals surface area contributed by atoms with E-state index in [0.717, 1.165) is 11.3 Å². The quantitative estimate of drug-likeness (QED) is 0.594.